The molecule has 0 unspecified atom stereocenters. The Hall–Kier alpha value is -2.43. The quantitative estimate of drug-likeness (QED) is 0.149. The fraction of sp³-hybridized carbons (Fsp3) is 0.725. The van der Waals surface area contributed by atoms with E-state index >= 15 is 0 Å². The average molecular weight is 619 g/mol. The molecule has 6 rings (SSSR count). The first-order valence-electron chi connectivity index (χ1n) is 17.7. The molecule has 248 valence electrons. The number of fused-ring (bicyclic) bond motifs is 7. The average Bonchev–Trinajstić information content (AvgIpc) is 3.33. The van der Waals surface area contributed by atoms with Gasteiger partial charge in [-0.05, 0) is 146 Å². The molecule has 5 fully saturated rings. The molecule has 5 nitrogen and oxygen atoms in total. The van der Waals surface area contributed by atoms with E-state index in [1.54, 1.807) is 12.1 Å². The van der Waals surface area contributed by atoms with Gasteiger partial charge in [-0.15, -0.1) is 0 Å². The van der Waals surface area contributed by atoms with Crippen molar-refractivity contribution in [3.05, 3.63) is 35.9 Å². The number of hydrogen-bond acceptors (Lipinski definition) is 5. The molecular weight excluding hydrogens is 560 g/mol. The standard InChI is InChI=1S/C40H58O5/c1-24(2)26-14-17-37(5)20-21-39(7)27(34(26)37)11-12-31-38(6)18-16-32(36(3,4)30(38)15-19-40(31,39)8)45-33(42)13-10-25-22-28(41)35(43)29(23-25)44-9/h10,13,22-23,26-27,30-32,34,41,43H,1,11-12,14-21H2,2-9H3/t26-,27+,30-,31+,32-,34+,37+,38-,39+,40+/m0/s1. The molecule has 5 heteroatoms. The van der Waals surface area contributed by atoms with Gasteiger partial charge in [0.15, 0.2) is 11.5 Å². The summed E-state index contributed by atoms with van der Waals surface area (Å²) in [5.41, 5.74) is 3.23. The van der Waals surface area contributed by atoms with Gasteiger partial charge in [-0.3, -0.25) is 0 Å². The molecule has 0 bridgehead atoms. The summed E-state index contributed by atoms with van der Waals surface area (Å²) in [6.45, 7) is 22.1. The predicted octanol–water partition coefficient (Wildman–Crippen LogP) is 9.71. The van der Waals surface area contributed by atoms with Crippen molar-refractivity contribution >= 4 is 12.0 Å². The second-order valence-electron chi connectivity index (χ2n) is 17.5. The van der Waals surface area contributed by atoms with Crippen molar-refractivity contribution in [2.24, 2.45) is 56.7 Å². The van der Waals surface area contributed by atoms with Gasteiger partial charge in [0.1, 0.15) is 6.10 Å². The first kappa shape index (κ1) is 32.5. The van der Waals surface area contributed by atoms with E-state index in [1.165, 1.54) is 76.2 Å². The third kappa shape index (κ3) is 4.71. The SMILES string of the molecule is C=C(C)[C@@H]1CC[C@]2(C)CC[C@]3(C)[C@H](CC[C@@H]4[C@@]5(C)CC[C@H](OC(=O)C=Cc6cc(O)c(O)c(OC)c6)C(C)(C)[C@@H]5CC[C@]43C)[C@@H]12. The van der Waals surface area contributed by atoms with Crippen LogP contribution in [0.4, 0.5) is 0 Å². The van der Waals surface area contributed by atoms with E-state index in [1.807, 2.05) is 0 Å². The Morgan fingerprint density at radius 1 is 0.889 bits per heavy atom. The molecule has 0 aromatic heterocycles. The highest BCUT2D eigenvalue weighted by molar-refractivity contribution is 5.87. The molecule has 0 saturated heterocycles. The van der Waals surface area contributed by atoms with E-state index in [0.29, 0.717) is 39.6 Å². The number of ether oxygens (including phenoxy) is 2. The largest absolute Gasteiger partial charge is 0.504 e. The molecule has 0 amide bonds. The number of carbonyl (C=O) groups excluding carboxylic acids is 1. The number of esters is 1. The molecule has 0 spiro atoms. The maximum absolute atomic E-state index is 13.1. The summed E-state index contributed by atoms with van der Waals surface area (Å²) in [5, 5.41) is 20.0. The number of phenols is 2. The molecule has 45 heavy (non-hydrogen) atoms. The summed E-state index contributed by atoms with van der Waals surface area (Å²) in [5.74, 6) is 2.63. The smallest absolute Gasteiger partial charge is 0.331 e. The van der Waals surface area contributed by atoms with E-state index in [0.717, 1.165) is 24.7 Å². The third-order valence-electron chi connectivity index (χ3n) is 15.4. The fourth-order valence-electron chi connectivity index (χ4n) is 12.9. The molecule has 5 saturated carbocycles. The minimum absolute atomic E-state index is 0.128. The lowest BCUT2D eigenvalue weighted by Gasteiger charge is -2.73. The van der Waals surface area contributed by atoms with E-state index in [-0.39, 0.29) is 40.2 Å². The summed E-state index contributed by atoms with van der Waals surface area (Å²) in [4.78, 5) is 13.1. The Morgan fingerprint density at radius 3 is 2.31 bits per heavy atom. The second kappa shape index (κ2) is 10.8. The molecule has 0 heterocycles. The van der Waals surface area contributed by atoms with Gasteiger partial charge < -0.3 is 19.7 Å². The molecule has 2 N–H and O–H groups in total. The van der Waals surface area contributed by atoms with Crippen molar-refractivity contribution in [1.82, 2.24) is 0 Å². The topological polar surface area (TPSA) is 76.0 Å². The highest BCUT2D eigenvalue weighted by Gasteiger charge is 2.70. The fourth-order valence-corrected chi connectivity index (χ4v) is 12.9. The molecule has 1 aromatic carbocycles. The molecule has 10 atom stereocenters. The van der Waals surface area contributed by atoms with Crippen LogP contribution >= 0.6 is 0 Å². The van der Waals surface area contributed by atoms with Crippen molar-refractivity contribution in [1.29, 1.82) is 0 Å². The first-order valence-corrected chi connectivity index (χ1v) is 17.7. The van der Waals surface area contributed by atoms with Crippen LogP contribution in [0.25, 0.3) is 6.08 Å². The van der Waals surface area contributed by atoms with Gasteiger partial charge >= 0.3 is 5.97 Å². The van der Waals surface area contributed by atoms with Crippen LogP contribution in [0.1, 0.15) is 118 Å². The minimum Gasteiger partial charge on any atom is -0.504 e. The molecule has 1 aromatic rings. The van der Waals surface area contributed by atoms with Crippen LogP contribution in [-0.4, -0.2) is 29.4 Å². The Bertz CT molecular complexity index is 1390. The third-order valence-corrected chi connectivity index (χ3v) is 15.4. The van der Waals surface area contributed by atoms with Crippen molar-refractivity contribution in [2.45, 2.75) is 119 Å². The van der Waals surface area contributed by atoms with Gasteiger partial charge in [0.25, 0.3) is 0 Å². The number of phenolic OH excluding ortho intramolecular Hbond substituents is 2. The van der Waals surface area contributed by atoms with Crippen molar-refractivity contribution < 1.29 is 24.5 Å². The lowest BCUT2D eigenvalue weighted by Crippen LogP contribution is -2.66. The van der Waals surface area contributed by atoms with Gasteiger partial charge in [0.2, 0.25) is 5.75 Å². The maximum atomic E-state index is 13.1. The van der Waals surface area contributed by atoms with Gasteiger partial charge in [-0.1, -0.05) is 53.7 Å². The van der Waals surface area contributed by atoms with Crippen molar-refractivity contribution in [2.75, 3.05) is 7.11 Å². The van der Waals surface area contributed by atoms with Crippen LogP contribution < -0.4 is 4.74 Å². The van der Waals surface area contributed by atoms with Crippen molar-refractivity contribution in [3.63, 3.8) is 0 Å². The van der Waals surface area contributed by atoms with Crippen LogP contribution in [-0.2, 0) is 9.53 Å². The number of carbonyl (C=O) groups is 1. The second-order valence-corrected chi connectivity index (χ2v) is 17.5. The zero-order valence-electron chi connectivity index (χ0n) is 29.2. The van der Waals surface area contributed by atoms with E-state index in [9.17, 15) is 15.0 Å². The van der Waals surface area contributed by atoms with Crippen LogP contribution in [0.2, 0.25) is 0 Å². The molecule has 0 radical (unpaired) electrons. The Kier molecular flexibility index (Phi) is 7.81. The highest BCUT2D eigenvalue weighted by atomic mass is 16.5. The Morgan fingerprint density at radius 2 is 1.62 bits per heavy atom. The van der Waals surface area contributed by atoms with Crippen LogP contribution in [0, 0.1) is 56.7 Å². The minimum atomic E-state index is -0.370. The molecular formula is C40H58O5. The van der Waals surface area contributed by atoms with E-state index in [4.69, 9.17) is 9.47 Å². The Labute approximate surface area is 271 Å². The number of allylic oxidation sites excluding steroid dienone is 1. The van der Waals surface area contributed by atoms with Crippen LogP contribution in [0.3, 0.4) is 0 Å². The Balaban J connectivity index is 1.21. The summed E-state index contributed by atoms with van der Waals surface area (Å²) in [7, 11) is 1.42. The number of rotatable bonds is 5. The van der Waals surface area contributed by atoms with Crippen molar-refractivity contribution in [3.8, 4) is 17.2 Å². The van der Waals surface area contributed by atoms with Gasteiger partial charge in [-0.2, -0.15) is 0 Å². The predicted molar refractivity (Wildman–Crippen MR) is 180 cm³/mol. The normalized spacial score (nSPS) is 43.5. The zero-order chi connectivity index (χ0) is 32.7. The molecule has 0 aliphatic heterocycles. The van der Waals surface area contributed by atoms with Gasteiger partial charge in [-0.25, -0.2) is 4.79 Å². The summed E-state index contributed by atoms with van der Waals surface area (Å²) >= 11 is 0. The van der Waals surface area contributed by atoms with Gasteiger partial charge in [0, 0.05) is 11.5 Å². The number of aromatic hydroxyl groups is 2. The molecule has 5 aliphatic rings. The first-order chi connectivity index (χ1) is 21.0. The lowest BCUT2D eigenvalue weighted by atomic mass is 9.32. The highest BCUT2D eigenvalue weighted by Crippen LogP contribution is 2.77. The lowest BCUT2D eigenvalue weighted by molar-refractivity contribution is -0.248. The summed E-state index contributed by atoms with van der Waals surface area (Å²) < 4.78 is 11.4. The van der Waals surface area contributed by atoms with Crippen LogP contribution in [0.15, 0.2) is 30.4 Å². The summed E-state index contributed by atoms with van der Waals surface area (Å²) in [6.07, 6.45) is 15.4. The number of methoxy groups -OCH3 is 1. The molecule has 5 aliphatic carbocycles. The summed E-state index contributed by atoms with van der Waals surface area (Å²) in [6, 6.07) is 2.99. The van der Waals surface area contributed by atoms with Crippen LogP contribution in [0.5, 0.6) is 17.2 Å². The van der Waals surface area contributed by atoms with E-state index in [2.05, 4.69) is 55.0 Å². The number of hydrogen-bond donors (Lipinski definition) is 2. The van der Waals surface area contributed by atoms with Gasteiger partial charge in [0.05, 0.1) is 7.11 Å². The van der Waals surface area contributed by atoms with E-state index < -0.39 is 0 Å². The monoisotopic (exact) mass is 618 g/mol. The number of benzene rings is 1. The maximum Gasteiger partial charge on any atom is 0.331 e. The zero-order valence-corrected chi connectivity index (χ0v) is 29.2.